The summed E-state index contributed by atoms with van der Waals surface area (Å²) in [5.74, 6) is 0. The molecule has 1 nitrogen and oxygen atoms in total. The van der Waals surface area contributed by atoms with Crippen molar-refractivity contribution in [3.05, 3.63) is 71.3 Å². The van der Waals surface area contributed by atoms with E-state index in [2.05, 4.69) is 54.6 Å². The molecule has 0 amide bonds. The zero-order valence-electron chi connectivity index (χ0n) is 12.3. The molecule has 0 saturated heterocycles. The first-order chi connectivity index (χ1) is 10.9. The molecule has 1 aliphatic rings. The van der Waals surface area contributed by atoms with Crippen LogP contribution in [0, 0.1) is 0 Å². The molecule has 1 N–H and O–H groups in total. The summed E-state index contributed by atoms with van der Waals surface area (Å²) < 4.78 is 0. The highest BCUT2D eigenvalue weighted by molar-refractivity contribution is 6.15. The zero-order valence-corrected chi connectivity index (χ0v) is 12.3. The van der Waals surface area contributed by atoms with Gasteiger partial charge in [-0.3, -0.25) is 0 Å². The molecule has 0 heterocycles. The molecule has 1 heteroatoms. The largest absolute Gasteiger partial charge is 0.392 e. The fourth-order valence-electron chi connectivity index (χ4n) is 4.13. The molecule has 0 radical (unpaired) electrons. The summed E-state index contributed by atoms with van der Waals surface area (Å²) in [7, 11) is 0. The fraction of sp³-hybridized carbons (Fsp3) is 0.143. The van der Waals surface area contributed by atoms with Gasteiger partial charge in [0.1, 0.15) is 0 Å². The standard InChI is InChI=1S/C21H16O/c22-12-15-6-5-14-11-20-16-4-2-1-3-13(16)7-8-18(20)19-10-9-17(15)21(14)19/h1-8,11,22H,9-10,12H2. The Bertz CT molecular complexity index is 1060. The first-order valence-corrected chi connectivity index (χ1v) is 7.85. The van der Waals surface area contributed by atoms with E-state index in [1.54, 1.807) is 0 Å². The molecule has 0 fully saturated rings. The normalized spacial score (nSPS) is 13.5. The van der Waals surface area contributed by atoms with Crippen molar-refractivity contribution < 1.29 is 5.11 Å². The van der Waals surface area contributed by atoms with Gasteiger partial charge in [0.15, 0.2) is 0 Å². The number of fused-ring (bicyclic) bond motifs is 4. The van der Waals surface area contributed by atoms with Crippen LogP contribution in [-0.2, 0) is 19.4 Å². The summed E-state index contributed by atoms with van der Waals surface area (Å²) in [6.45, 7) is 0.139. The minimum Gasteiger partial charge on any atom is -0.392 e. The monoisotopic (exact) mass is 284 g/mol. The van der Waals surface area contributed by atoms with E-state index in [9.17, 15) is 5.11 Å². The summed E-state index contributed by atoms with van der Waals surface area (Å²) in [6.07, 6.45) is 2.13. The first kappa shape index (κ1) is 12.2. The molecule has 4 aromatic rings. The van der Waals surface area contributed by atoms with Crippen LogP contribution in [0.25, 0.3) is 32.3 Å². The number of aryl methyl sites for hydroxylation is 2. The Labute approximate surface area is 128 Å². The fourth-order valence-corrected chi connectivity index (χ4v) is 4.13. The Kier molecular flexibility index (Phi) is 2.39. The van der Waals surface area contributed by atoms with Crippen LogP contribution in [0.2, 0.25) is 0 Å². The molecule has 5 rings (SSSR count). The van der Waals surface area contributed by atoms with Crippen LogP contribution in [-0.4, -0.2) is 5.11 Å². The zero-order chi connectivity index (χ0) is 14.7. The second-order valence-corrected chi connectivity index (χ2v) is 6.20. The third kappa shape index (κ3) is 1.47. The van der Waals surface area contributed by atoms with Gasteiger partial charge in [0.25, 0.3) is 0 Å². The van der Waals surface area contributed by atoms with Gasteiger partial charge in [-0.05, 0) is 67.9 Å². The molecule has 0 unspecified atom stereocenters. The Morgan fingerprint density at radius 1 is 0.727 bits per heavy atom. The average molecular weight is 284 g/mol. The molecule has 0 spiro atoms. The van der Waals surface area contributed by atoms with E-state index in [1.807, 2.05) is 0 Å². The highest BCUT2D eigenvalue weighted by atomic mass is 16.3. The Morgan fingerprint density at radius 3 is 2.45 bits per heavy atom. The smallest absolute Gasteiger partial charge is 0.0684 e. The minimum atomic E-state index is 0.139. The topological polar surface area (TPSA) is 20.2 Å². The second kappa shape index (κ2) is 4.31. The van der Waals surface area contributed by atoms with Gasteiger partial charge >= 0.3 is 0 Å². The van der Waals surface area contributed by atoms with Crippen molar-refractivity contribution >= 4 is 32.3 Å². The molecule has 22 heavy (non-hydrogen) atoms. The molecule has 0 aromatic heterocycles. The number of hydrogen-bond acceptors (Lipinski definition) is 1. The van der Waals surface area contributed by atoms with Crippen LogP contribution in [0.3, 0.4) is 0 Å². The highest BCUT2D eigenvalue weighted by Crippen LogP contribution is 2.40. The van der Waals surface area contributed by atoms with E-state index in [0.717, 1.165) is 18.4 Å². The SMILES string of the molecule is OCc1ccc2cc3c(ccc4ccccc43)c3c2c1CC3. The van der Waals surface area contributed by atoms with Crippen molar-refractivity contribution in [2.45, 2.75) is 19.4 Å². The maximum absolute atomic E-state index is 9.59. The van der Waals surface area contributed by atoms with Crippen molar-refractivity contribution in [1.29, 1.82) is 0 Å². The van der Waals surface area contributed by atoms with E-state index in [4.69, 9.17) is 0 Å². The van der Waals surface area contributed by atoms with Crippen LogP contribution < -0.4 is 0 Å². The predicted octanol–water partition coefficient (Wildman–Crippen LogP) is 4.74. The Morgan fingerprint density at radius 2 is 1.55 bits per heavy atom. The van der Waals surface area contributed by atoms with Crippen LogP contribution in [0.15, 0.2) is 54.6 Å². The van der Waals surface area contributed by atoms with Crippen LogP contribution >= 0.6 is 0 Å². The lowest BCUT2D eigenvalue weighted by atomic mass is 9.93. The van der Waals surface area contributed by atoms with Crippen LogP contribution in [0.4, 0.5) is 0 Å². The lowest BCUT2D eigenvalue weighted by Gasteiger charge is -2.11. The highest BCUT2D eigenvalue weighted by Gasteiger charge is 2.20. The molecule has 4 aromatic carbocycles. The number of hydrogen-bond donors (Lipinski definition) is 1. The molecule has 0 bridgehead atoms. The van der Waals surface area contributed by atoms with Crippen molar-refractivity contribution in [1.82, 2.24) is 0 Å². The Balaban J connectivity index is 2.02. The van der Waals surface area contributed by atoms with E-state index in [0.29, 0.717) is 0 Å². The van der Waals surface area contributed by atoms with E-state index < -0.39 is 0 Å². The number of rotatable bonds is 1. The number of aliphatic hydroxyl groups excluding tert-OH is 1. The third-order valence-corrected chi connectivity index (χ3v) is 5.13. The van der Waals surface area contributed by atoms with Crippen molar-refractivity contribution in [3.8, 4) is 0 Å². The molecular weight excluding hydrogens is 268 g/mol. The molecular formula is C21H16O. The van der Waals surface area contributed by atoms with E-state index in [1.165, 1.54) is 43.4 Å². The van der Waals surface area contributed by atoms with Crippen LogP contribution in [0.1, 0.15) is 16.7 Å². The van der Waals surface area contributed by atoms with Gasteiger partial charge in [0, 0.05) is 0 Å². The summed E-state index contributed by atoms with van der Waals surface area (Å²) in [6, 6.07) is 19.7. The van der Waals surface area contributed by atoms with Gasteiger partial charge in [0.2, 0.25) is 0 Å². The van der Waals surface area contributed by atoms with Gasteiger partial charge in [-0.1, -0.05) is 48.5 Å². The summed E-state index contributed by atoms with van der Waals surface area (Å²) in [5, 5.41) is 17.6. The van der Waals surface area contributed by atoms with E-state index in [-0.39, 0.29) is 6.61 Å². The number of benzene rings is 4. The summed E-state index contributed by atoms with van der Waals surface area (Å²) in [4.78, 5) is 0. The van der Waals surface area contributed by atoms with Crippen molar-refractivity contribution in [3.63, 3.8) is 0 Å². The van der Waals surface area contributed by atoms with Gasteiger partial charge < -0.3 is 5.11 Å². The van der Waals surface area contributed by atoms with Gasteiger partial charge in [-0.2, -0.15) is 0 Å². The van der Waals surface area contributed by atoms with Gasteiger partial charge in [0.05, 0.1) is 6.61 Å². The predicted molar refractivity (Wildman–Crippen MR) is 92.3 cm³/mol. The van der Waals surface area contributed by atoms with E-state index >= 15 is 0 Å². The first-order valence-electron chi connectivity index (χ1n) is 7.85. The van der Waals surface area contributed by atoms with Gasteiger partial charge in [-0.25, -0.2) is 0 Å². The second-order valence-electron chi connectivity index (χ2n) is 6.20. The van der Waals surface area contributed by atoms with Crippen LogP contribution in [0.5, 0.6) is 0 Å². The average Bonchev–Trinajstić information content (AvgIpc) is 3.02. The minimum absolute atomic E-state index is 0.139. The number of aliphatic hydroxyl groups is 1. The molecule has 106 valence electrons. The molecule has 0 aliphatic heterocycles. The quantitative estimate of drug-likeness (QED) is 0.395. The Hall–Kier alpha value is -2.38. The summed E-state index contributed by atoms with van der Waals surface area (Å²) in [5.41, 5.74) is 3.90. The van der Waals surface area contributed by atoms with Gasteiger partial charge in [-0.15, -0.1) is 0 Å². The summed E-state index contributed by atoms with van der Waals surface area (Å²) >= 11 is 0. The van der Waals surface area contributed by atoms with Crippen molar-refractivity contribution in [2.75, 3.05) is 0 Å². The maximum atomic E-state index is 9.59. The molecule has 0 atom stereocenters. The molecule has 1 aliphatic carbocycles. The third-order valence-electron chi connectivity index (χ3n) is 5.13. The maximum Gasteiger partial charge on any atom is 0.0684 e. The van der Waals surface area contributed by atoms with Crippen molar-refractivity contribution in [2.24, 2.45) is 0 Å². The lowest BCUT2D eigenvalue weighted by Crippen LogP contribution is -1.91. The molecule has 0 saturated carbocycles. The lowest BCUT2D eigenvalue weighted by molar-refractivity contribution is 0.281.